The van der Waals surface area contributed by atoms with Gasteiger partial charge in [-0.05, 0) is 57.8 Å². The Morgan fingerprint density at radius 1 is 1.12 bits per heavy atom. The molecule has 2 aliphatic heterocycles. The molecule has 0 aromatic carbocycles. The summed E-state index contributed by atoms with van der Waals surface area (Å²) in [5.74, 6) is 0.901. The van der Waals surface area contributed by atoms with Crippen LogP contribution in [0.2, 0.25) is 0 Å². The summed E-state index contributed by atoms with van der Waals surface area (Å²) in [6.07, 6.45) is 8.44. The van der Waals surface area contributed by atoms with Gasteiger partial charge in [0.25, 0.3) is 5.56 Å². The Balaban J connectivity index is 1.54. The van der Waals surface area contributed by atoms with Gasteiger partial charge in [-0.15, -0.1) is 0 Å². The van der Waals surface area contributed by atoms with Gasteiger partial charge in [0.2, 0.25) is 11.8 Å². The number of fused-ring (bicyclic) bond motifs is 1. The number of ether oxygens (including phenoxy) is 1. The number of piperidine rings is 1. The highest BCUT2D eigenvalue weighted by atomic mass is 16.5. The van der Waals surface area contributed by atoms with E-state index in [-0.39, 0.29) is 35.4 Å². The van der Waals surface area contributed by atoms with E-state index in [0.29, 0.717) is 49.6 Å². The molecule has 0 radical (unpaired) electrons. The molecule has 2 amide bonds. The minimum atomic E-state index is -0.198. The molecule has 1 aliphatic carbocycles. The van der Waals surface area contributed by atoms with E-state index in [1.807, 2.05) is 11.8 Å². The molecule has 1 aromatic rings. The Labute approximate surface area is 189 Å². The second kappa shape index (κ2) is 10.1. The molecule has 1 atom stereocenters. The largest absolute Gasteiger partial charge is 0.381 e. The molecule has 32 heavy (non-hydrogen) atoms. The van der Waals surface area contributed by atoms with Gasteiger partial charge in [-0.25, -0.2) is 4.98 Å². The van der Waals surface area contributed by atoms with E-state index in [9.17, 15) is 14.4 Å². The molecule has 1 saturated heterocycles. The van der Waals surface area contributed by atoms with Gasteiger partial charge in [-0.2, -0.15) is 0 Å². The van der Waals surface area contributed by atoms with Crippen molar-refractivity contribution in [1.82, 2.24) is 19.8 Å². The summed E-state index contributed by atoms with van der Waals surface area (Å²) in [4.78, 5) is 50.3. The number of nitrogens with zero attached hydrogens (tertiary/aromatic N) is 3. The molecule has 0 bridgehead atoms. The van der Waals surface area contributed by atoms with Crippen molar-refractivity contribution in [2.45, 2.75) is 89.8 Å². The third-order valence-electron chi connectivity index (χ3n) is 7.37. The second-order valence-electron chi connectivity index (χ2n) is 9.44. The number of carbonyl (C=O) groups excluding carboxylic acids is 2. The van der Waals surface area contributed by atoms with E-state index < -0.39 is 0 Å². The second-order valence-corrected chi connectivity index (χ2v) is 9.44. The third-order valence-corrected chi connectivity index (χ3v) is 7.37. The van der Waals surface area contributed by atoms with E-state index in [4.69, 9.17) is 9.72 Å². The lowest BCUT2D eigenvalue weighted by atomic mass is 9.85. The number of hydrogen-bond acceptors (Lipinski definition) is 5. The van der Waals surface area contributed by atoms with Gasteiger partial charge in [0.05, 0.1) is 24.4 Å². The van der Waals surface area contributed by atoms with Crippen molar-refractivity contribution in [1.29, 1.82) is 0 Å². The number of hydrogen-bond donors (Lipinski definition) is 1. The van der Waals surface area contributed by atoms with E-state index >= 15 is 0 Å². The molecular weight excluding hydrogens is 408 g/mol. The molecule has 1 aromatic heterocycles. The van der Waals surface area contributed by atoms with Crippen LogP contribution in [0.3, 0.4) is 0 Å². The van der Waals surface area contributed by atoms with Crippen LogP contribution in [0.5, 0.6) is 0 Å². The molecule has 8 heteroatoms. The van der Waals surface area contributed by atoms with E-state index in [0.717, 1.165) is 51.4 Å². The first kappa shape index (κ1) is 23.0. The van der Waals surface area contributed by atoms with Crippen molar-refractivity contribution in [3.8, 4) is 0 Å². The highest BCUT2D eigenvalue weighted by Gasteiger charge is 2.36. The number of amides is 2. The normalized spacial score (nSPS) is 26.0. The van der Waals surface area contributed by atoms with Crippen LogP contribution in [-0.4, -0.2) is 57.9 Å². The van der Waals surface area contributed by atoms with Crippen LogP contribution in [0.25, 0.3) is 0 Å². The molecule has 3 aliphatic rings. The first-order chi connectivity index (χ1) is 15.5. The Morgan fingerprint density at radius 3 is 2.62 bits per heavy atom. The first-order valence-corrected chi connectivity index (χ1v) is 12.2. The van der Waals surface area contributed by atoms with Crippen LogP contribution in [-0.2, 0) is 27.3 Å². The monoisotopic (exact) mass is 444 g/mol. The molecule has 3 heterocycles. The number of likely N-dealkylation sites (tertiary alicyclic amines) is 1. The predicted octanol–water partition coefficient (Wildman–Crippen LogP) is 2.71. The zero-order chi connectivity index (χ0) is 22.7. The van der Waals surface area contributed by atoms with Crippen LogP contribution in [0.15, 0.2) is 4.79 Å². The number of aromatic amines is 1. The lowest BCUT2D eigenvalue weighted by Crippen LogP contribution is -2.45. The number of aromatic nitrogens is 2. The number of H-pyrrole nitrogens is 1. The SMILES string of the molecule is CCCC(=O)N1CCc2c(nc(C3CCCCN3C(=O)C3CCC(OC)CC3)[nH]c2=O)C1. The lowest BCUT2D eigenvalue weighted by Gasteiger charge is -2.39. The van der Waals surface area contributed by atoms with Crippen molar-refractivity contribution in [2.24, 2.45) is 5.92 Å². The fraction of sp³-hybridized carbons (Fsp3) is 0.750. The minimum absolute atomic E-state index is 0.0218. The molecule has 4 rings (SSSR count). The molecule has 2 fully saturated rings. The van der Waals surface area contributed by atoms with Crippen molar-refractivity contribution in [2.75, 3.05) is 20.2 Å². The van der Waals surface area contributed by atoms with Gasteiger partial charge in [-0.1, -0.05) is 6.92 Å². The topological polar surface area (TPSA) is 95.6 Å². The van der Waals surface area contributed by atoms with Crippen LogP contribution in [0, 0.1) is 5.92 Å². The zero-order valence-electron chi connectivity index (χ0n) is 19.4. The fourth-order valence-corrected chi connectivity index (χ4v) is 5.46. The van der Waals surface area contributed by atoms with Gasteiger partial charge < -0.3 is 19.5 Å². The average Bonchev–Trinajstić information content (AvgIpc) is 2.83. The number of nitrogens with one attached hydrogen (secondary N) is 1. The standard InChI is InChI=1S/C24H36N4O4/c1-3-6-21(29)27-14-12-18-19(15-27)25-22(26-23(18)30)20-7-4-5-13-28(20)24(31)16-8-10-17(32-2)11-9-16/h16-17,20H,3-15H2,1-2H3,(H,25,26,30). The Hall–Kier alpha value is -2.22. The first-order valence-electron chi connectivity index (χ1n) is 12.2. The number of rotatable bonds is 5. The van der Waals surface area contributed by atoms with Gasteiger partial charge in [0, 0.05) is 38.1 Å². The zero-order valence-corrected chi connectivity index (χ0v) is 19.4. The lowest BCUT2D eigenvalue weighted by molar-refractivity contribution is -0.141. The summed E-state index contributed by atoms with van der Waals surface area (Å²) in [5, 5.41) is 0. The van der Waals surface area contributed by atoms with Crippen LogP contribution in [0.4, 0.5) is 0 Å². The Morgan fingerprint density at radius 2 is 1.91 bits per heavy atom. The Kier molecular flexibility index (Phi) is 7.28. The van der Waals surface area contributed by atoms with Gasteiger partial charge in [0.1, 0.15) is 5.82 Å². The van der Waals surface area contributed by atoms with Crippen molar-refractivity contribution in [3.05, 3.63) is 27.4 Å². The molecule has 8 nitrogen and oxygen atoms in total. The summed E-state index contributed by atoms with van der Waals surface area (Å²) in [6, 6.07) is -0.198. The van der Waals surface area contributed by atoms with Crippen molar-refractivity contribution in [3.63, 3.8) is 0 Å². The van der Waals surface area contributed by atoms with E-state index in [2.05, 4.69) is 4.98 Å². The van der Waals surface area contributed by atoms with Gasteiger partial charge >= 0.3 is 0 Å². The minimum Gasteiger partial charge on any atom is -0.381 e. The molecule has 1 unspecified atom stereocenters. The van der Waals surface area contributed by atoms with Crippen molar-refractivity contribution >= 4 is 11.8 Å². The van der Waals surface area contributed by atoms with Crippen LogP contribution in [0.1, 0.15) is 87.8 Å². The maximum Gasteiger partial charge on any atom is 0.254 e. The summed E-state index contributed by atoms with van der Waals surface area (Å²) in [5.41, 5.74) is 1.25. The highest BCUT2D eigenvalue weighted by molar-refractivity contribution is 5.79. The average molecular weight is 445 g/mol. The molecule has 1 saturated carbocycles. The summed E-state index contributed by atoms with van der Waals surface area (Å²) in [7, 11) is 1.74. The summed E-state index contributed by atoms with van der Waals surface area (Å²) >= 11 is 0. The molecule has 176 valence electrons. The highest BCUT2D eigenvalue weighted by Crippen LogP contribution is 2.34. The van der Waals surface area contributed by atoms with E-state index in [1.165, 1.54) is 0 Å². The van der Waals surface area contributed by atoms with Crippen LogP contribution < -0.4 is 5.56 Å². The molecule has 1 N–H and O–H groups in total. The molecular formula is C24H36N4O4. The summed E-state index contributed by atoms with van der Waals surface area (Å²) < 4.78 is 5.46. The summed E-state index contributed by atoms with van der Waals surface area (Å²) in [6.45, 7) is 3.64. The van der Waals surface area contributed by atoms with Crippen molar-refractivity contribution < 1.29 is 14.3 Å². The number of methoxy groups -OCH3 is 1. The number of carbonyl (C=O) groups is 2. The molecule has 0 spiro atoms. The predicted molar refractivity (Wildman–Crippen MR) is 120 cm³/mol. The van der Waals surface area contributed by atoms with Gasteiger partial charge in [0.15, 0.2) is 0 Å². The van der Waals surface area contributed by atoms with Gasteiger partial charge in [-0.3, -0.25) is 14.4 Å². The quantitative estimate of drug-likeness (QED) is 0.753. The fourth-order valence-electron chi connectivity index (χ4n) is 5.46. The third kappa shape index (κ3) is 4.75. The maximum atomic E-state index is 13.4. The van der Waals surface area contributed by atoms with E-state index in [1.54, 1.807) is 12.0 Å². The Bertz CT molecular complexity index is 890. The maximum absolute atomic E-state index is 13.4. The smallest absolute Gasteiger partial charge is 0.254 e. The van der Waals surface area contributed by atoms with Crippen LogP contribution >= 0.6 is 0 Å².